The molecular weight excluding hydrogens is 639 g/mol. The molecular formula is C40H49N9O2. The Morgan fingerprint density at radius 1 is 1.00 bits per heavy atom. The number of fused-ring (bicyclic) bond motifs is 2. The lowest BCUT2D eigenvalue weighted by atomic mass is 9.67. The van der Waals surface area contributed by atoms with Crippen LogP contribution >= 0.6 is 0 Å². The number of H-pyrrole nitrogens is 1. The fraction of sp³-hybridized carbons (Fsp3) is 0.400. The number of nitrogens with one attached hydrogen (secondary N) is 5. The normalized spacial score (nSPS) is 16.7. The maximum absolute atomic E-state index is 13.4. The van der Waals surface area contributed by atoms with Crippen molar-refractivity contribution in [1.29, 1.82) is 5.26 Å². The van der Waals surface area contributed by atoms with Gasteiger partial charge in [0.15, 0.2) is 5.82 Å². The number of carbonyl (C=O) groups is 2. The Labute approximate surface area is 300 Å². The van der Waals surface area contributed by atoms with Gasteiger partial charge in [-0.25, -0.2) is 5.10 Å². The highest BCUT2D eigenvalue weighted by atomic mass is 16.2. The van der Waals surface area contributed by atoms with Crippen LogP contribution in [0.1, 0.15) is 88.2 Å². The summed E-state index contributed by atoms with van der Waals surface area (Å²) in [4.78, 5) is 26.2. The van der Waals surface area contributed by atoms with Crippen LogP contribution in [-0.2, 0) is 29.5 Å². The smallest absolute Gasteiger partial charge is 0.251 e. The molecule has 11 heteroatoms. The van der Waals surface area contributed by atoms with E-state index in [4.69, 9.17) is 0 Å². The molecule has 5 N–H and O–H groups in total. The van der Waals surface area contributed by atoms with E-state index >= 15 is 0 Å². The maximum atomic E-state index is 13.4. The number of aromatic amines is 1. The number of hydrogen-bond acceptors (Lipinski definition) is 8. The molecule has 0 aliphatic heterocycles. The van der Waals surface area contributed by atoms with Gasteiger partial charge in [-0.3, -0.25) is 9.59 Å². The van der Waals surface area contributed by atoms with Crippen LogP contribution in [0.25, 0.3) is 5.70 Å². The van der Waals surface area contributed by atoms with Gasteiger partial charge in [0.25, 0.3) is 5.91 Å². The molecule has 1 aliphatic carbocycles. The number of aromatic nitrogens is 4. The molecule has 0 spiro atoms. The molecule has 1 aromatic heterocycles. The second-order valence-corrected chi connectivity index (χ2v) is 13.7. The number of aryl methyl sites for hydroxylation is 3. The molecule has 2 unspecified atom stereocenters. The summed E-state index contributed by atoms with van der Waals surface area (Å²) < 4.78 is 0. The molecule has 4 atom stereocenters. The fourth-order valence-corrected chi connectivity index (χ4v) is 7.17. The highest BCUT2D eigenvalue weighted by molar-refractivity contribution is 5.94. The van der Waals surface area contributed by atoms with E-state index in [0.29, 0.717) is 43.0 Å². The number of amides is 2. The minimum absolute atomic E-state index is 0.0240. The SMILES string of the molecule is C=C(NC)c1ccc2c(c1)CCc1cc(C(=O)NC)ccc1C2(C[C@@H](Cc1ccc(C)cc1)NCC(=O)NC(C#N)C[C@@H](C)CC)c1nnn[nH]1. The lowest BCUT2D eigenvalue weighted by molar-refractivity contribution is -0.120. The topological polar surface area (TPSA) is 161 Å². The predicted molar refractivity (Wildman–Crippen MR) is 199 cm³/mol. The van der Waals surface area contributed by atoms with Crippen LogP contribution in [0.2, 0.25) is 0 Å². The van der Waals surface area contributed by atoms with Crippen LogP contribution < -0.4 is 21.3 Å². The first-order valence-corrected chi connectivity index (χ1v) is 17.7. The van der Waals surface area contributed by atoms with E-state index in [1.807, 2.05) is 25.2 Å². The quantitative estimate of drug-likeness (QED) is 0.122. The summed E-state index contributed by atoms with van der Waals surface area (Å²) in [6, 6.07) is 22.1. The Kier molecular flexibility index (Phi) is 12.0. The van der Waals surface area contributed by atoms with Crippen molar-refractivity contribution < 1.29 is 9.59 Å². The maximum Gasteiger partial charge on any atom is 0.251 e. The molecule has 11 nitrogen and oxygen atoms in total. The molecule has 4 aromatic rings. The third-order valence-corrected chi connectivity index (χ3v) is 10.2. The van der Waals surface area contributed by atoms with E-state index < -0.39 is 11.5 Å². The van der Waals surface area contributed by atoms with E-state index in [1.54, 1.807) is 7.05 Å². The number of tetrazole rings is 1. The molecule has 0 bridgehead atoms. The average molecular weight is 688 g/mol. The van der Waals surface area contributed by atoms with E-state index in [-0.39, 0.29) is 24.4 Å². The number of nitrogens with zero attached hydrogens (tertiary/aromatic N) is 4. The summed E-state index contributed by atoms with van der Waals surface area (Å²) in [5.41, 5.74) is 7.91. The number of hydrogen-bond donors (Lipinski definition) is 5. The van der Waals surface area contributed by atoms with E-state index in [9.17, 15) is 14.9 Å². The average Bonchev–Trinajstić information content (AvgIpc) is 3.66. The van der Waals surface area contributed by atoms with Crippen molar-refractivity contribution in [3.63, 3.8) is 0 Å². The van der Waals surface area contributed by atoms with Gasteiger partial charge in [0.2, 0.25) is 5.91 Å². The minimum Gasteiger partial charge on any atom is -0.388 e. The Morgan fingerprint density at radius 2 is 1.67 bits per heavy atom. The van der Waals surface area contributed by atoms with Crippen LogP contribution in [0, 0.1) is 24.2 Å². The Morgan fingerprint density at radius 3 is 2.25 bits per heavy atom. The lowest BCUT2D eigenvalue weighted by Gasteiger charge is -2.38. The molecule has 5 rings (SSSR count). The van der Waals surface area contributed by atoms with Gasteiger partial charge in [-0.1, -0.05) is 74.9 Å². The van der Waals surface area contributed by atoms with Gasteiger partial charge in [0.1, 0.15) is 6.04 Å². The first-order chi connectivity index (χ1) is 24.6. The molecule has 3 aromatic carbocycles. The molecule has 1 aliphatic rings. The summed E-state index contributed by atoms with van der Waals surface area (Å²) in [7, 11) is 3.49. The molecule has 51 heavy (non-hydrogen) atoms. The van der Waals surface area contributed by atoms with Gasteiger partial charge in [0, 0.05) is 31.4 Å². The van der Waals surface area contributed by atoms with E-state index in [1.165, 1.54) is 0 Å². The largest absolute Gasteiger partial charge is 0.388 e. The molecule has 0 radical (unpaired) electrons. The zero-order valence-electron chi connectivity index (χ0n) is 30.3. The summed E-state index contributed by atoms with van der Waals surface area (Å²) in [5, 5.41) is 38.1. The van der Waals surface area contributed by atoms with Crippen molar-refractivity contribution in [3.05, 3.63) is 118 Å². The lowest BCUT2D eigenvalue weighted by Crippen LogP contribution is -2.47. The van der Waals surface area contributed by atoms with Crippen LogP contribution in [0.5, 0.6) is 0 Å². The number of benzene rings is 3. The third kappa shape index (κ3) is 8.35. The summed E-state index contributed by atoms with van der Waals surface area (Å²) >= 11 is 0. The van der Waals surface area contributed by atoms with Gasteiger partial charge in [-0.15, -0.1) is 5.10 Å². The summed E-state index contributed by atoms with van der Waals surface area (Å²) in [5.74, 6) is 0.491. The second-order valence-electron chi connectivity index (χ2n) is 13.7. The van der Waals surface area contributed by atoms with Crippen molar-refractivity contribution in [2.75, 3.05) is 20.6 Å². The first kappa shape index (κ1) is 36.9. The molecule has 2 amide bonds. The van der Waals surface area contributed by atoms with Crippen molar-refractivity contribution in [3.8, 4) is 6.07 Å². The monoisotopic (exact) mass is 687 g/mol. The molecule has 266 valence electrons. The summed E-state index contributed by atoms with van der Waals surface area (Å²) in [6.07, 6.45) is 4.03. The van der Waals surface area contributed by atoms with Crippen LogP contribution in [-0.4, -0.2) is 65.2 Å². The molecule has 0 saturated heterocycles. The standard InChI is InChI=1S/C40H49N9O2/c1-7-25(2)18-34(23-41)45-37(50)24-44-33(19-28-10-8-26(3)9-11-28)22-40(39-46-48-49-47-39)35-16-14-29(27(4)42-5)20-30(35)12-13-31-21-32(38(51)43-6)15-17-36(31)40/h8-11,14-17,20-21,25,33-34,42,44H,4,7,12-13,18-19,22,24H2,1-3,5-6H3,(H,43,51)(H,45,50)(H,46,47,48,49)/t25-,33+,34?,40?/m0/s1. The number of nitriles is 1. The van der Waals surface area contributed by atoms with Gasteiger partial charge in [0.05, 0.1) is 18.0 Å². The highest BCUT2D eigenvalue weighted by Gasteiger charge is 2.46. The van der Waals surface area contributed by atoms with Gasteiger partial charge < -0.3 is 21.3 Å². The third-order valence-electron chi connectivity index (χ3n) is 10.2. The van der Waals surface area contributed by atoms with Gasteiger partial charge in [-0.05, 0) is 107 Å². The van der Waals surface area contributed by atoms with Crippen molar-refractivity contribution in [2.45, 2.75) is 76.8 Å². The predicted octanol–water partition coefficient (Wildman–Crippen LogP) is 4.53. The molecule has 1 heterocycles. The van der Waals surface area contributed by atoms with Gasteiger partial charge >= 0.3 is 0 Å². The second kappa shape index (κ2) is 16.6. The Balaban J connectivity index is 1.64. The first-order valence-electron chi connectivity index (χ1n) is 17.7. The zero-order valence-corrected chi connectivity index (χ0v) is 30.3. The summed E-state index contributed by atoms with van der Waals surface area (Å²) in [6.45, 7) is 10.5. The highest BCUT2D eigenvalue weighted by Crippen LogP contribution is 2.47. The van der Waals surface area contributed by atoms with E-state index in [2.05, 4.69) is 118 Å². The number of carbonyl (C=O) groups excluding carboxylic acids is 2. The van der Waals surface area contributed by atoms with Crippen LogP contribution in [0.4, 0.5) is 0 Å². The van der Waals surface area contributed by atoms with Crippen LogP contribution in [0.3, 0.4) is 0 Å². The molecule has 0 fully saturated rings. The fourth-order valence-electron chi connectivity index (χ4n) is 7.17. The van der Waals surface area contributed by atoms with Crippen molar-refractivity contribution in [1.82, 2.24) is 41.9 Å². The minimum atomic E-state index is -0.893. The van der Waals surface area contributed by atoms with E-state index in [0.717, 1.165) is 57.5 Å². The Hall–Kier alpha value is -5.34. The van der Waals surface area contributed by atoms with Gasteiger partial charge in [-0.2, -0.15) is 5.26 Å². The van der Waals surface area contributed by atoms with Crippen molar-refractivity contribution >= 4 is 17.5 Å². The Bertz CT molecular complexity index is 1810. The zero-order chi connectivity index (χ0) is 36.5. The van der Waals surface area contributed by atoms with Crippen molar-refractivity contribution in [2.24, 2.45) is 5.92 Å². The molecule has 0 saturated carbocycles. The number of rotatable bonds is 15. The van der Waals surface area contributed by atoms with Crippen LogP contribution in [0.15, 0.2) is 67.2 Å².